The van der Waals surface area contributed by atoms with Crippen LogP contribution < -0.4 is 0 Å². The van der Waals surface area contributed by atoms with E-state index in [-0.39, 0.29) is 0 Å². The monoisotopic (exact) mass is 192 g/mol. The van der Waals surface area contributed by atoms with Crippen LogP contribution in [0.2, 0.25) is 0 Å². The third-order valence-corrected chi connectivity index (χ3v) is 1.93. The van der Waals surface area contributed by atoms with Crippen molar-refractivity contribution in [3.63, 3.8) is 0 Å². The topological polar surface area (TPSA) is 20.2 Å². The third kappa shape index (κ3) is 3.75. The molecular formula is C13H20O. The molecule has 0 saturated carbocycles. The Balaban J connectivity index is 0.000000379. The minimum absolute atomic E-state index is 1.00. The first kappa shape index (κ1) is 12.9. The summed E-state index contributed by atoms with van der Waals surface area (Å²) in [4.78, 5) is 0. The number of rotatable bonds is 0. The first-order chi connectivity index (χ1) is 6.97. The van der Waals surface area contributed by atoms with Gasteiger partial charge in [-0.25, -0.2) is 0 Å². The van der Waals surface area contributed by atoms with Crippen LogP contribution in [0.3, 0.4) is 0 Å². The second-order valence-electron chi connectivity index (χ2n) is 2.64. The van der Waals surface area contributed by atoms with E-state index in [1.54, 1.807) is 0 Å². The van der Waals surface area contributed by atoms with Crippen molar-refractivity contribution in [1.29, 1.82) is 0 Å². The van der Waals surface area contributed by atoms with E-state index in [0.717, 1.165) is 7.11 Å². The maximum Gasteiger partial charge on any atom is 0.0319 e. The van der Waals surface area contributed by atoms with E-state index in [2.05, 4.69) is 36.4 Å². The van der Waals surface area contributed by atoms with Gasteiger partial charge in [0.15, 0.2) is 0 Å². The van der Waals surface area contributed by atoms with Crippen molar-refractivity contribution in [2.75, 3.05) is 7.11 Å². The van der Waals surface area contributed by atoms with Crippen molar-refractivity contribution >= 4 is 6.08 Å². The fraction of sp³-hybridized carbons (Fsp3) is 0.385. The predicted octanol–water partition coefficient (Wildman–Crippen LogP) is 3.28. The van der Waals surface area contributed by atoms with Gasteiger partial charge in [0, 0.05) is 7.11 Å². The molecule has 1 aromatic rings. The molecule has 1 aromatic carbocycles. The molecule has 1 heteroatoms. The lowest BCUT2D eigenvalue weighted by atomic mass is 9.98. The van der Waals surface area contributed by atoms with Crippen molar-refractivity contribution < 1.29 is 5.11 Å². The highest BCUT2D eigenvalue weighted by Crippen LogP contribution is 2.17. The lowest BCUT2D eigenvalue weighted by molar-refractivity contribution is 0.399. The standard InChI is InChI=1S/C10H10.C2H6.CH4O/c1-2-6-10-8-4-3-7-9(10)5-1;2*1-2/h1-3,5-7H,4,8H2;1-2H3;2H,1H3. The predicted molar refractivity (Wildman–Crippen MR) is 63.3 cm³/mol. The van der Waals surface area contributed by atoms with Crippen molar-refractivity contribution in [3.05, 3.63) is 41.5 Å². The van der Waals surface area contributed by atoms with Crippen LogP contribution in [0.1, 0.15) is 31.4 Å². The van der Waals surface area contributed by atoms with Crippen LogP contribution in [0.25, 0.3) is 6.08 Å². The van der Waals surface area contributed by atoms with Gasteiger partial charge < -0.3 is 5.11 Å². The first-order valence-electron chi connectivity index (χ1n) is 5.16. The first-order valence-corrected chi connectivity index (χ1v) is 5.16. The van der Waals surface area contributed by atoms with E-state index in [1.165, 1.54) is 24.0 Å². The third-order valence-electron chi connectivity index (χ3n) is 1.93. The smallest absolute Gasteiger partial charge is 0.0319 e. The zero-order valence-corrected chi connectivity index (χ0v) is 9.33. The maximum atomic E-state index is 7.00. The normalized spacial score (nSPS) is 11.4. The lowest BCUT2D eigenvalue weighted by Crippen LogP contribution is -1.91. The Morgan fingerprint density at radius 2 is 1.71 bits per heavy atom. The van der Waals surface area contributed by atoms with E-state index in [9.17, 15) is 0 Å². The molecule has 14 heavy (non-hydrogen) atoms. The summed E-state index contributed by atoms with van der Waals surface area (Å²) < 4.78 is 0. The number of fused-ring (bicyclic) bond motifs is 1. The largest absolute Gasteiger partial charge is 0.400 e. The van der Waals surface area contributed by atoms with Crippen LogP contribution in [0.15, 0.2) is 30.3 Å². The summed E-state index contributed by atoms with van der Waals surface area (Å²) >= 11 is 0. The molecule has 0 aromatic heterocycles. The summed E-state index contributed by atoms with van der Waals surface area (Å²) in [5, 5.41) is 7.00. The Bertz CT molecular complexity index is 264. The molecule has 0 atom stereocenters. The average Bonchev–Trinajstić information content (AvgIpc) is 2.34. The zero-order chi connectivity index (χ0) is 10.8. The molecule has 0 saturated heterocycles. The van der Waals surface area contributed by atoms with Crippen LogP contribution in [0.4, 0.5) is 0 Å². The van der Waals surface area contributed by atoms with Gasteiger partial charge in [0.2, 0.25) is 0 Å². The quantitative estimate of drug-likeness (QED) is 0.669. The molecule has 0 heterocycles. The number of hydrogen-bond acceptors (Lipinski definition) is 1. The molecule has 1 N–H and O–H groups in total. The van der Waals surface area contributed by atoms with Crippen molar-refractivity contribution in [3.8, 4) is 0 Å². The fourth-order valence-corrected chi connectivity index (χ4v) is 1.37. The molecule has 0 amide bonds. The van der Waals surface area contributed by atoms with E-state index < -0.39 is 0 Å². The summed E-state index contributed by atoms with van der Waals surface area (Å²) in [6.07, 6.45) is 6.87. The molecule has 1 aliphatic carbocycles. The van der Waals surface area contributed by atoms with E-state index in [0.29, 0.717) is 0 Å². The molecule has 0 bridgehead atoms. The Morgan fingerprint density at radius 1 is 1.07 bits per heavy atom. The summed E-state index contributed by atoms with van der Waals surface area (Å²) in [6.45, 7) is 4.00. The number of aliphatic hydroxyl groups excluding tert-OH is 1. The van der Waals surface area contributed by atoms with Crippen LogP contribution in [0.5, 0.6) is 0 Å². The fourth-order valence-electron chi connectivity index (χ4n) is 1.37. The average molecular weight is 192 g/mol. The highest BCUT2D eigenvalue weighted by atomic mass is 16.2. The minimum atomic E-state index is 1.00. The van der Waals surface area contributed by atoms with Gasteiger partial charge >= 0.3 is 0 Å². The molecule has 0 radical (unpaired) electrons. The Kier molecular flexibility index (Phi) is 7.86. The molecule has 78 valence electrons. The van der Waals surface area contributed by atoms with Gasteiger partial charge in [-0.2, -0.15) is 0 Å². The van der Waals surface area contributed by atoms with Crippen LogP contribution in [0, 0.1) is 0 Å². The van der Waals surface area contributed by atoms with Crippen molar-refractivity contribution in [2.24, 2.45) is 0 Å². The second kappa shape index (κ2) is 8.52. The number of hydrogen-bond donors (Lipinski definition) is 1. The lowest BCUT2D eigenvalue weighted by Gasteiger charge is -2.07. The van der Waals surface area contributed by atoms with Crippen molar-refractivity contribution in [2.45, 2.75) is 26.7 Å². The van der Waals surface area contributed by atoms with Crippen LogP contribution >= 0.6 is 0 Å². The number of aryl methyl sites for hydroxylation is 1. The van der Waals surface area contributed by atoms with Gasteiger partial charge in [-0.05, 0) is 24.0 Å². The van der Waals surface area contributed by atoms with Crippen LogP contribution in [-0.2, 0) is 6.42 Å². The molecular weight excluding hydrogens is 172 g/mol. The van der Waals surface area contributed by atoms with Gasteiger partial charge in [0.1, 0.15) is 0 Å². The Morgan fingerprint density at radius 3 is 2.36 bits per heavy atom. The molecule has 1 nitrogen and oxygen atoms in total. The number of benzene rings is 1. The molecule has 0 spiro atoms. The SMILES string of the molecule is C1=Cc2ccccc2CC1.CC.CO. The Hall–Kier alpha value is -1.08. The van der Waals surface area contributed by atoms with Gasteiger partial charge in [0.25, 0.3) is 0 Å². The summed E-state index contributed by atoms with van der Waals surface area (Å²) in [5.74, 6) is 0. The summed E-state index contributed by atoms with van der Waals surface area (Å²) in [7, 11) is 1.00. The van der Waals surface area contributed by atoms with Gasteiger partial charge in [-0.15, -0.1) is 0 Å². The second-order valence-corrected chi connectivity index (χ2v) is 2.64. The summed E-state index contributed by atoms with van der Waals surface area (Å²) in [6, 6.07) is 8.58. The Labute approximate surface area is 87.1 Å². The van der Waals surface area contributed by atoms with Crippen LogP contribution in [-0.4, -0.2) is 12.2 Å². The number of aliphatic hydroxyl groups is 1. The van der Waals surface area contributed by atoms with Gasteiger partial charge in [0.05, 0.1) is 0 Å². The van der Waals surface area contributed by atoms with Gasteiger partial charge in [-0.1, -0.05) is 50.3 Å². The van der Waals surface area contributed by atoms with E-state index in [1.807, 2.05) is 13.8 Å². The minimum Gasteiger partial charge on any atom is -0.400 e. The molecule has 0 unspecified atom stereocenters. The molecule has 0 aliphatic heterocycles. The highest BCUT2D eigenvalue weighted by molar-refractivity contribution is 5.55. The van der Waals surface area contributed by atoms with Gasteiger partial charge in [-0.3, -0.25) is 0 Å². The number of allylic oxidation sites excluding steroid dienone is 1. The van der Waals surface area contributed by atoms with Crippen molar-refractivity contribution in [1.82, 2.24) is 0 Å². The maximum absolute atomic E-state index is 7.00. The zero-order valence-electron chi connectivity index (χ0n) is 9.33. The molecule has 1 aliphatic rings. The van der Waals surface area contributed by atoms with E-state index in [4.69, 9.17) is 5.11 Å². The molecule has 0 fully saturated rings. The molecule has 2 rings (SSSR count). The van der Waals surface area contributed by atoms with E-state index >= 15 is 0 Å². The summed E-state index contributed by atoms with van der Waals surface area (Å²) in [5.41, 5.74) is 2.89. The highest BCUT2D eigenvalue weighted by Gasteiger charge is 2.00.